The average Bonchev–Trinajstić information content (AvgIpc) is 3.26. The maximum absolute atomic E-state index is 10.8. The highest BCUT2D eigenvalue weighted by Gasteiger charge is 2.30. The van der Waals surface area contributed by atoms with Gasteiger partial charge in [0.1, 0.15) is 5.75 Å². The molecule has 0 spiro atoms. The van der Waals surface area contributed by atoms with Crippen LogP contribution >= 0.6 is 0 Å². The average molecular weight is 293 g/mol. The van der Waals surface area contributed by atoms with Crippen molar-refractivity contribution in [1.82, 2.24) is 5.32 Å². The number of carboxylic acid groups (broad SMARTS) is 1. The zero-order valence-corrected chi connectivity index (χ0v) is 12.5. The Bertz CT molecular complexity index is 499. The van der Waals surface area contributed by atoms with Crippen LogP contribution in [0, 0.1) is 6.92 Å². The van der Waals surface area contributed by atoms with Gasteiger partial charge < -0.3 is 20.3 Å². The fourth-order valence-corrected chi connectivity index (χ4v) is 2.49. The summed E-state index contributed by atoms with van der Waals surface area (Å²) in [6.07, 6.45) is 1.95. The third-order valence-corrected chi connectivity index (χ3v) is 3.87. The van der Waals surface area contributed by atoms with Crippen LogP contribution < -0.4 is 10.1 Å². The molecule has 1 aliphatic rings. The van der Waals surface area contributed by atoms with Crippen LogP contribution in [0.1, 0.15) is 42.9 Å². The Hall–Kier alpha value is -1.59. The topological polar surface area (TPSA) is 78.8 Å². The third-order valence-electron chi connectivity index (χ3n) is 3.87. The molecule has 0 aliphatic heterocycles. The summed E-state index contributed by atoms with van der Waals surface area (Å²) in [6, 6.07) is 5.72. The van der Waals surface area contributed by atoms with E-state index >= 15 is 0 Å². The maximum atomic E-state index is 10.8. The van der Waals surface area contributed by atoms with Gasteiger partial charge in [-0.1, -0.05) is 6.07 Å². The first kappa shape index (κ1) is 15.8. The summed E-state index contributed by atoms with van der Waals surface area (Å²) in [5.41, 5.74) is 1.76. The van der Waals surface area contributed by atoms with Crippen LogP contribution in [-0.2, 0) is 4.79 Å². The largest absolute Gasteiger partial charge is 0.497 e. The minimum atomic E-state index is -0.837. The number of hydrogen-bond donors (Lipinski definition) is 3. The number of methoxy groups -OCH3 is 1. The summed E-state index contributed by atoms with van der Waals surface area (Å²) >= 11 is 0. The first-order valence-electron chi connectivity index (χ1n) is 7.31. The molecule has 1 saturated carbocycles. The number of carboxylic acids is 1. The number of hydrogen-bond acceptors (Lipinski definition) is 4. The van der Waals surface area contributed by atoms with E-state index in [1.54, 1.807) is 7.11 Å². The monoisotopic (exact) mass is 293 g/mol. The van der Waals surface area contributed by atoms with Crippen molar-refractivity contribution in [3.8, 4) is 5.75 Å². The third kappa shape index (κ3) is 4.44. The van der Waals surface area contributed by atoms with Crippen LogP contribution in [0.15, 0.2) is 18.2 Å². The van der Waals surface area contributed by atoms with Crippen molar-refractivity contribution in [3.05, 3.63) is 29.3 Å². The molecule has 1 aromatic carbocycles. The summed E-state index contributed by atoms with van der Waals surface area (Å²) < 4.78 is 5.17. The van der Waals surface area contributed by atoms with E-state index in [2.05, 4.69) is 5.32 Å². The molecule has 1 aliphatic carbocycles. The van der Waals surface area contributed by atoms with Gasteiger partial charge in [-0.25, -0.2) is 0 Å². The fraction of sp³-hybridized carbons (Fsp3) is 0.562. The van der Waals surface area contributed by atoms with E-state index in [-0.39, 0.29) is 12.5 Å². The predicted molar refractivity (Wildman–Crippen MR) is 79.5 cm³/mol. The molecule has 0 heterocycles. The van der Waals surface area contributed by atoms with Crippen molar-refractivity contribution in [2.75, 3.05) is 7.11 Å². The summed E-state index contributed by atoms with van der Waals surface area (Å²) in [6.45, 7) is 1.92. The number of aryl methyl sites for hydroxylation is 1. The maximum Gasteiger partial charge on any atom is 0.303 e. The second-order valence-electron chi connectivity index (χ2n) is 5.65. The first-order valence-corrected chi connectivity index (χ1v) is 7.31. The van der Waals surface area contributed by atoms with E-state index in [1.165, 1.54) is 0 Å². The quantitative estimate of drug-likeness (QED) is 0.683. The van der Waals surface area contributed by atoms with Gasteiger partial charge in [0, 0.05) is 18.5 Å². The lowest BCUT2D eigenvalue weighted by molar-refractivity contribution is -0.137. The van der Waals surface area contributed by atoms with Crippen LogP contribution in [0.25, 0.3) is 0 Å². The molecule has 3 N–H and O–H groups in total. The summed E-state index contributed by atoms with van der Waals surface area (Å²) in [5.74, 6) is -0.0862. The molecule has 116 valence electrons. The molecule has 5 nitrogen and oxygen atoms in total. The molecule has 2 rings (SSSR count). The van der Waals surface area contributed by atoms with Gasteiger partial charge in [0.15, 0.2) is 0 Å². The van der Waals surface area contributed by atoms with Crippen molar-refractivity contribution >= 4 is 5.97 Å². The number of carbonyl (C=O) groups is 1. The highest BCUT2D eigenvalue weighted by Crippen LogP contribution is 2.29. The van der Waals surface area contributed by atoms with Gasteiger partial charge in [-0.2, -0.15) is 0 Å². The molecule has 0 aromatic heterocycles. The van der Waals surface area contributed by atoms with E-state index in [4.69, 9.17) is 9.84 Å². The minimum Gasteiger partial charge on any atom is -0.497 e. The second-order valence-corrected chi connectivity index (χ2v) is 5.65. The molecule has 2 atom stereocenters. The standard InChI is InChI=1S/C16H23NO4/c1-10-9-12(21-2)5-6-13(10)16(20)14(7-8-15(18)19)17-11-3-4-11/h5-6,9,11,14,16-17,20H,3-4,7-8H2,1-2H3,(H,18,19). The Labute approximate surface area is 124 Å². The Morgan fingerprint density at radius 3 is 2.71 bits per heavy atom. The molecule has 2 unspecified atom stereocenters. The van der Waals surface area contributed by atoms with Crippen LogP contribution in [0.2, 0.25) is 0 Å². The molecule has 0 radical (unpaired) electrons. The van der Waals surface area contributed by atoms with E-state index in [1.807, 2.05) is 25.1 Å². The van der Waals surface area contributed by atoms with E-state index in [0.717, 1.165) is 29.7 Å². The molecular formula is C16H23NO4. The number of rotatable bonds is 8. The molecule has 0 amide bonds. The number of nitrogens with one attached hydrogen (secondary N) is 1. The number of aliphatic hydroxyl groups excluding tert-OH is 1. The molecular weight excluding hydrogens is 270 g/mol. The van der Waals surface area contributed by atoms with Crippen molar-refractivity contribution < 1.29 is 19.7 Å². The first-order chi connectivity index (χ1) is 10.0. The van der Waals surface area contributed by atoms with Crippen molar-refractivity contribution in [1.29, 1.82) is 0 Å². The zero-order chi connectivity index (χ0) is 15.4. The van der Waals surface area contributed by atoms with Crippen LogP contribution in [0.5, 0.6) is 5.75 Å². The van der Waals surface area contributed by atoms with Gasteiger partial charge in [0.2, 0.25) is 0 Å². The zero-order valence-electron chi connectivity index (χ0n) is 12.5. The molecule has 1 aromatic rings. The van der Waals surface area contributed by atoms with Gasteiger partial charge in [0.05, 0.1) is 13.2 Å². The van der Waals surface area contributed by atoms with Gasteiger partial charge >= 0.3 is 5.97 Å². The van der Waals surface area contributed by atoms with Crippen LogP contribution in [0.4, 0.5) is 0 Å². The molecule has 0 saturated heterocycles. The van der Waals surface area contributed by atoms with Crippen LogP contribution in [-0.4, -0.2) is 35.4 Å². The van der Waals surface area contributed by atoms with E-state index in [0.29, 0.717) is 12.5 Å². The second kappa shape index (κ2) is 6.91. The predicted octanol–water partition coefficient (Wildman–Crippen LogP) is 2.02. The SMILES string of the molecule is COc1ccc(C(O)C(CCC(=O)O)NC2CC2)c(C)c1. The Balaban J connectivity index is 2.11. The lowest BCUT2D eigenvalue weighted by Crippen LogP contribution is -2.37. The fourth-order valence-electron chi connectivity index (χ4n) is 2.49. The molecule has 1 fully saturated rings. The number of benzene rings is 1. The van der Waals surface area contributed by atoms with Crippen molar-refractivity contribution in [2.45, 2.75) is 50.8 Å². The van der Waals surface area contributed by atoms with E-state index < -0.39 is 12.1 Å². The molecule has 5 heteroatoms. The lowest BCUT2D eigenvalue weighted by atomic mass is 9.94. The number of ether oxygens (including phenoxy) is 1. The van der Waals surface area contributed by atoms with E-state index in [9.17, 15) is 9.90 Å². The molecule has 0 bridgehead atoms. The summed E-state index contributed by atoms with van der Waals surface area (Å²) in [5, 5.41) is 22.8. The smallest absolute Gasteiger partial charge is 0.303 e. The Morgan fingerprint density at radius 2 is 2.19 bits per heavy atom. The summed E-state index contributed by atoms with van der Waals surface area (Å²) in [7, 11) is 1.61. The molecule has 21 heavy (non-hydrogen) atoms. The number of aliphatic hydroxyl groups is 1. The van der Waals surface area contributed by atoms with Gasteiger partial charge in [0.25, 0.3) is 0 Å². The minimum absolute atomic E-state index is 0.0522. The van der Waals surface area contributed by atoms with Crippen molar-refractivity contribution in [3.63, 3.8) is 0 Å². The van der Waals surface area contributed by atoms with Gasteiger partial charge in [-0.3, -0.25) is 4.79 Å². The highest BCUT2D eigenvalue weighted by atomic mass is 16.5. The van der Waals surface area contributed by atoms with Gasteiger partial charge in [-0.05, 0) is 49.4 Å². The van der Waals surface area contributed by atoms with Crippen molar-refractivity contribution in [2.24, 2.45) is 0 Å². The number of aliphatic carboxylic acids is 1. The Kier molecular flexibility index (Phi) is 5.20. The summed E-state index contributed by atoms with van der Waals surface area (Å²) in [4.78, 5) is 10.8. The Morgan fingerprint density at radius 1 is 1.48 bits per heavy atom. The van der Waals surface area contributed by atoms with Crippen LogP contribution in [0.3, 0.4) is 0 Å². The normalized spacial score (nSPS) is 17.3. The van der Waals surface area contributed by atoms with Gasteiger partial charge in [-0.15, -0.1) is 0 Å². The lowest BCUT2D eigenvalue weighted by Gasteiger charge is -2.25. The highest BCUT2D eigenvalue weighted by molar-refractivity contribution is 5.66.